The molecule has 0 atom stereocenters. The van der Waals surface area contributed by atoms with Crippen molar-refractivity contribution in [3.05, 3.63) is 94.4 Å². The fraction of sp³-hybridized carbons (Fsp3) is 0.207. The average molecular weight is 562 g/mol. The number of amides is 3. The van der Waals surface area contributed by atoms with Crippen LogP contribution < -0.4 is 20.4 Å². The number of hydrogen-bond donors (Lipinski definition) is 2. The molecule has 2 aromatic carbocycles. The standard InChI is InChI=1S/C29H26F3N7O2/c1-16-8-10-22(35-26(40)19-6-5-7-21(12-19)29(30,31)32)13-24(16)39-15-20-14-33-27(37-25(20)38(4)28(39)41)36-23-11-9-17(2)34-18(23)3/h5-14H,15H2,1-4H3,(H,35,40)(H,33,36,37). The Morgan fingerprint density at radius 1 is 1.00 bits per heavy atom. The summed E-state index contributed by atoms with van der Waals surface area (Å²) >= 11 is 0. The van der Waals surface area contributed by atoms with Crippen molar-refractivity contribution in [3.63, 3.8) is 0 Å². The molecule has 0 saturated heterocycles. The lowest BCUT2D eigenvalue weighted by Gasteiger charge is -2.35. The van der Waals surface area contributed by atoms with Crippen LogP contribution in [-0.4, -0.2) is 33.9 Å². The topological polar surface area (TPSA) is 103 Å². The van der Waals surface area contributed by atoms with Crippen LogP contribution in [0, 0.1) is 20.8 Å². The lowest BCUT2D eigenvalue weighted by molar-refractivity contribution is -0.137. The quantitative estimate of drug-likeness (QED) is 0.293. The van der Waals surface area contributed by atoms with E-state index in [1.165, 1.54) is 21.9 Å². The van der Waals surface area contributed by atoms with E-state index in [0.29, 0.717) is 28.7 Å². The molecule has 3 heterocycles. The van der Waals surface area contributed by atoms with Crippen LogP contribution >= 0.6 is 0 Å². The number of benzene rings is 2. The van der Waals surface area contributed by atoms with Crippen molar-refractivity contribution in [3.8, 4) is 0 Å². The molecule has 2 N–H and O–H groups in total. The fourth-order valence-electron chi connectivity index (χ4n) is 4.51. The number of urea groups is 1. The van der Waals surface area contributed by atoms with Crippen molar-refractivity contribution in [1.29, 1.82) is 0 Å². The second kappa shape index (κ2) is 10.5. The molecule has 3 amide bonds. The molecule has 9 nitrogen and oxygen atoms in total. The summed E-state index contributed by atoms with van der Waals surface area (Å²) in [5, 5.41) is 5.78. The van der Waals surface area contributed by atoms with Crippen LogP contribution in [0.1, 0.15) is 38.4 Å². The van der Waals surface area contributed by atoms with Gasteiger partial charge in [-0.2, -0.15) is 18.2 Å². The van der Waals surface area contributed by atoms with Crippen molar-refractivity contribution < 1.29 is 22.8 Å². The molecule has 0 saturated carbocycles. The Morgan fingerprint density at radius 3 is 2.51 bits per heavy atom. The molecule has 0 bridgehead atoms. The second-order valence-corrected chi connectivity index (χ2v) is 9.71. The largest absolute Gasteiger partial charge is 0.416 e. The number of halogens is 3. The van der Waals surface area contributed by atoms with Gasteiger partial charge in [0.15, 0.2) is 0 Å². The van der Waals surface area contributed by atoms with Gasteiger partial charge in [-0.1, -0.05) is 12.1 Å². The SMILES string of the molecule is Cc1ccc(Nc2ncc3c(n2)N(C)C(=O)N(c2cc(NC(=O)c4cccc(C(F)(F)F)c4)ccc2C)C3)c(C)n1. The normalized spacial score (nSPS) is 13.2. The number of anilines is 5. The number of aryl methyl sites for hydroxylation is 3. The first-order chi connectivity index (χ1) is 19.4. The number of alkyl halides is 3. The van der Waals surface area contributed by atoms with Gasteiger partial charge in [0, 0.05) is 35.8 Å². The van der Waals surface area contributed by atoms with Crippen LogP contribution in [0.15, 0.2) is 60.8 Å². The molecule has 0 spiro atoms. The highest BCUT2D eigenvalue weighted by molar-refractivity contribution is 6.07. The number of nitrogens with one attached hydrogen (secondary N) is 2. The first-order valence-electron chi connectivity index (χ1n) is 12.6. The van der Waals surface area contributed by atoms with E-state index in [4.69, 9.17) is 0 Å². The van der Waals surface area contributed by atoms with Gasteiger partial charge in [-0.3, -0.25) is 19.6 Å². The van der Waals surface area contributed by atoms with Gasteiger partial charge < -0.3 is 10.6 Å². The van der Waals surface area contributed by atoms with E-state index >= 15 is 0 Å². The van der Waals surface area contributed by atoms with Gasteiger partial charge in [0.05, 0.1) is 29.2 Å². The molecule has 210 valence electrons. The fourth-order valence-corrected chi connectivity index (χ4v) is 4.51. The average Bonchev–Trinajstić information content (AvgIpc) is 2.93. The summed E-state index contributed by atoms with van der Waals surface area (Å²) in [5.41, 5.74) is 3.69. The highest BCUT2D eigenvalue weighted by Crippen LogP contribution is 2.34. The summed E-state index contributed by atoms with van der Waals surface area (Å²) < 4.78 is 39.3. The molecular formula is C29H26F3N7O2. The molecule has 12 heteroatoms. The molecule has 0 fully saturated rings. The summed E-state index contributed by atoms with van der Waals surface area (Å²) in [7, 11) is 1.61. The number of pyridine rings is 1. The second-order valence-electron chi connectivity index (χ2n) is 9.71. The van der Waals surface area contributed by atoms with Crippen molar-refractivity contribution in [2.75, 3.05) is 27.5 Å². The molecule has 4 aromatic rings. The maximum absolute atomic E-state index is 13.5. The van der Waals surface area contributed by atoms with Crippen molar-refractivity contribution in [1.82, 2.24) is 15.0 Å². The van der Waals surface area contributed by atoms with Gasteiger partial charge in [0.25, 0.3) is 5.91 Å². The zero-order valence-electron chi connectivity index (χ0n) is 22.7. The first kappa shape index (κ1) is 27.6. The third-order valence-electron chi connectivity index (χ3n) is 6.69. The molecular weight excluding hydrogens is 535 g/mol. The smallest absolute Gasteiger partial charge is 0.323 e. The zero-order chi connectivity index (χ0) is 29.5. The lowest BCUT2D eigenvalue weighted by atomic mass is 10.1. The van der Waals surface area contributed by atoms with E-state index in [2.05, 4.69) is 25.6 Å². The minimum Gasteiger partial charge on any atom is -0.323 e. The molecule has 2 aromatic heterocycles. The molecule has 41 heavy (non-hydrogen) atoms. The number of fused-ring (bicyclic) bond motifs is 1. The predicted octanol–water partition coefficient (Wildman–Crippen LogP) is 6.39. The number of hydrogen-bond acceptors (Lipinski definition) is 6. The van der Waals surface area contributed by atoms with Crippen LogP contribution in [0.3, 0.4) is 0 Å². The van der Waals surface area contributed by atoms with Gasteiger partial charge in [0.2, 0.25) is 5.95 Å². The molecule has 5 rings (SSSR count). The third-order valence-corrected chi connectivity index (χ3v) is 6.69. The van der Waals surface area contributed by atoms with E-state index in [-0.39, 0.29) is 18.1 Å². The Morgan fingerprint density at radius 2 is 1.78 bits per heavy atom. The first-order valence-corrected chi connectivity index (χ1v) is 12.6. The van der Waals surface area contributed by atoms with Gasteiger partial charge >= 0.3 is 12.2 Å². The van der Waals surface area contributed by atoms with Gasteiger partial charge in [0.1, 0.15) is 5.82 Å². The van der Waals surface area contributed by atoms with Gasteiger partial charge in [-0.25, -0.2) is 9.78 Å². The van der Waals surface area contributed by atoms with E-state index in [1.54, 1.807) is 31.4 Å². The van der Waals surface area contributed by atoms with Crippen molar-refractivity contribution >= 4 is 40.8 Å². The number of rotatable bonds is 5. The Labute approximate surface area is 234 Å². The summed E-state index contributed by atoms with van der Waals surface area (Å²) in [4.78, 5) is 42.6. The van der Waals surface area contributed by atoms with E-state index in [0.717, 1.165) is 34.8 Å². The third kappa shape index (κ3) is 5.67. The van der Waals surface area contributed by atoms with Crippen LogP contribution in [0.4, 0.5) is 46.8 Å². The van der Waals surface area contributed by atoms with Crippen LogP contribution in [0.5, 0.6) is 0 Å². The summed E-state index contributed by atoms with van der Waals surface area (Å²) in [5.74, 6) is 0.0694. The Kier molecular flexibility index (Phi) is 7.08. The van der Waals surface area contributed by atoms with Crippen molar-refractivity contribution in [2.24, 2.45) is 0 Å². The maximum atomic E-state index is 13.5. The van der Waals surface area contributed by atoms with Crippen LogP contribution in [0.2, 0.25) is 0 Å². The highest BCUT2D eigenvalue weighted by atomic mass is 19.4. The number of carbonyl (C=O) groups is 2. The number of aromatic nitrogens is 3. The van der Waals surface area contributed by atoms with Crippen LogP contribution in [0.25, 0.3) is 0 Å². The minimum atomic E-state index is -4.57. The van der Waals surface area contributed by atoms with E-state index in [9.17, 15) is 22.8 Å². The molecule has 0 unspecified atom stereocenters. The Hall–Kier alpha value is -5.00. The van der Waals surface area contributed by atoms with Crippen LogP contribution in [-0.2, 0) is 12.7 Å². The summed E-state index contributed by atoms with van der Waals surface area (Å²) in [6.45, 7) is 5.77. The van der Waals surface area contributed by atoms with E-state index < -0.39 is 17.6 Å². The number of nitrogens with zero attached hydrogens (tertiary/aromatic N) is 5. The summed E-state index contributed by atoms with van der Waals surface area (Å²) in [6, 6.07) is 12.6. The monoisotopic (exact) mass is 561 g/mol. The molecule has 0 radical (unpaired) electrons. The minimum absolute atomic E-state index is 0.136. The van der Waals surface area contributed by atoms with Gasteiger partial charge in [-0.15, -0.1) is 0 Å². The van der Waals surface area contributed by atoms with Gasteiger partial charge in [-0.05, 0) is 68.8 Å². The Bertz CT molecular complexity index is 1670. The van der Waals surface area contributed by atoms with E-state index in [1.807, 2.05) is 32.9 Å². The number of carbonyl (C=O) groups excluding carboxylic acids is 2. The zero-order valence-corrected chi connectivity index (χ0v) is 22.7. The van der Waals surface area contributed by atoms with Crippen molar-refractivity contribution in [2.45, 2.75) is 33.5 Å². The molecule has 1 aliphatic rings. The lowest BCUT2D eigenvalue weighted by Crippen LogP contribution is -2.46. The molecule has 0 aliphatic carbocycles. The summed E-state index contributed by atoms with van der Waals surface area (Å²) in [6.07, 6.45) is -2.92. The highest BCUT2D eigenvalue weighted by Gasteiger charge is 2.32. The predicted molar refractivity (Wildman–Crippen MR) is 150 cm³/mol. The Balaban J connectivity index is 1.38. The maximum Gasteiger partial charge on any atom is 0.416 e. The molecule has 1 aliphatic heterocycles.